The van der Waals surface area contributed by atoms with Crippen molar-refractivity contribution >= 4 is 11.9 Å². The Balaban J connectivity index is 1.40. The van der Waals surface area contributed by atoms with Crippen LogP contribution >= 0.6 is 0 Å². The highest BCUT2D eigenvalue weighted by Gasteiger charge is 2.30. The maximum atomic E-state index is 12.7. The number of ether oxygens (including phenoxy) is 1. The molecule has 0 aromatic heterocycles. The summed E-state index contributed by atoms with van der Waals surface area (Å²) in [5, 5.41) is 0. The monoisotopic (exact) mass is 371 g/mol. The van der Waals surface area contributed by atoms with E-state index in [9.17, 15) is 9.59 Å². The van der Waals surface area contributed by atoms with Gasteiger partial charge in [0.15, 0.2) is 0 Å². The zero-order chi connectivity index (χ0) is 19.5. The number of amides is 1. The summed E-state index contributed by atoms with van der Waals surface area (Å²) in [6, 6.07) is 25.1. The van der Waals surface area contributed by atoms with Gasteiger partial charge in [0.1, 0.15) is 6.10 Å². The van der Waals surface area contributed by atoms with Crippen LogP contribution in [-0.4, -0.2) is 30.4 Å². The smallest absolute Gasteiger partial charge is 0.339 e. The fourth-order valence-electron chi connectivity index (χ4n) is 3.50. The van der Waals surface area contributed by atoms with Gasteiger partial charge in [-0.1, -0.05) is 60.7 Å². The van der Waals surface area contributed by atoms with Gasteiger partial charge in [-0.2, -0.15) is 0 Å². The topological polar surface area (TPSA) is 46.6 Å². The van der Waals surface area contributed by atoms with E-state index in [0.717, 1.165) is 16.7 Å². The number of rotatable bonds is 5. The SMILES string of the molecule is CN(CCC1OC(=O)c2ccccc21)C(=O)c1ccc(-c2ccccc2)cc1. The molecule has 4 nitrogen and oxygen atoms in total. The molecule has 3 aromatic rings. The molecule has 0 saturated heterocycles. The van der Waals surface area contributed by atoms with Gasteiger partial charge in [0.25, 0.3) is 5.91 Å². The summed E-state index contributed by atoms with van der Waals surface area (Å²) in [7, 11) is 1.77. The second-order valence-electron chi connectivity index (χ2n) is 6.94. The van der Waals surface area contributed by atoms with Crippen LogP contribution in [0.2, 0.25) is 0 Å². The molecular weight excluding hydrogens is 350 g/mol. The van der Waals surface area contributed by atoms with Crippen molar-refractivity contribution in [2.24, 2.45) is 0 Å². The summed E-state index contributed by atoms with van der Waals surface area (Å²) in [6.45, 7) is 0.506. The second-order valence-corrected chi connectivity index (χ2v) is 6.94. The molecule has 1 unspecified atom stereocenters. The molecule has 140 valence electrons. The van der Waals surface area contributed by atoms with Crippen LogP contribution in [0.3, 0.4) is 0 Å². The van der Waals surface area contributed by atoms with E-state index in [1.54, 1.807) is 18.0 Å². The van der Waals surface area contributed by atoms with E-state index in [2.05, 4.69) is 0 Å². The van der Waals surface area contributed by atoms with Gasteiger partial charge in [0.2, 0.25) is 0 Å². The lowest BCUT2D eigenvalue weighted by Gasteiger charge is -2.19. The summed E-state index contributed by atoms with van der Waals surface area (Å²) >= 11 is 0. The van der Waals surface area contributed by atoms with Crippen LogP contribution in [-0.2, 0) is 4.74 Å². The highest BCUT2D eigenvalue weighted by Crippen LogP contribution is 2.32. The summed E-state index contributed by atoms with van der Waals surface area (Å²) < 4.78 is 5.46. The molecule has 0 N–H and O–H groups in total. The van der Waals surface area contributed by atoms with Crippen LogP contribution in [0.5, 0.6) is 0 Å². The predicted molar refractivity (Wildman–Crippen MR) is 108 cm³/mol. The quantitative estimate of drug-likeness (QED) is 0.609. The van der Waals surface area contributed by atoms with Gasteiger partial charge in [0, 0.05) is 31.1 Å². The van der Waals surface area contributed by atoms with E-state index in [-0.39, 0.29) is 18.0 Å². The minimum Gasteiger partial charge on any atom is -0.454 e. The van der Waals surface area contributed by atoms with Gasteiger partial charge in [-0.15, -0.1) is 0 Å². The molecule has 0 spiro atoms. The molecule has 3 aromatic carbocycles. The minimum absolute atomic E-state index is 0.0442. The lowest BCUT2D eigenvalue weighted by Crippen LogP contribution is -2.28. The molecule has 1 aliphatic rings. The van der Waals surface area contributed by atoms with Crippen molar-refractivity contribution < 1.29 is 14.3 Å². The number of carbonyl (C=O) groups is 2. The predicted octanol–water partition coefficient (Wildman–Crippen LogP) is 4.73. The van der Waals surface area contributed by atoms with Gasteiger partial charge in [0.05, 0.1) is 5.56 Å². The first-order chi connectivity index (χ1) is 13.6. The highest BCUT2D eigenvalue weighted by atomic mass is 16.5. The van der Waals surface area contributed by atoms with Gasteiger partial charge < -0.3 is 9.64 Å². The first-order valence-corrected chi connectivity index (χ1v) is 9.34. The number of esters is 1. The fourth-order valence-corrected chi connectivity index (χ4v) is 3.50. The van der Waals surface area contributed by atoms with Crippen LogP contribution in [0.15, 0.2) is 78.9 Å². The Morgan fingerprint density at radius 1 is 0.893 bits per heavy atom. The molecule has 1 amide bonds. The number of fused-ring (bicyclic) bond motifs is 1. The molecule has 1 heterocycles. The third-order valence-electron chi connectivity index (χ3n) is 5.09. The Hall–Kier alpha value is -3.40. The molecule has 28 heavy (non-hydrogen) atoms. The molecule has 0 fully saturated rings. The molecule has 0 radical (unpaired) electrons. The standard InChI is InChI=1S/C24H21NO3/c1-25(16-15-22-20-9-5-6-10-21(20)24(27)28-22)23(26)19-13-11-18(12-14-19)17-7-3-2-4-8-17/h2-14,22H,15-16H2,1H3. The Morgan fingerprint density at radius 2 is 1.54 bits per heavy atom. The van der Waals surface area contributed by atoms with E-state index in [1.165, 1.54) is 0 Å². The number of nitrogens with zero attached hydrogens (tertiary/aromatic N) is 1. The van der Waals surface area contributed by atoms with E-state index < -0.39 is 0 Å². The number of carbonyl (C=O) groups excluding carboxylic acids is 2. The van der Waals surface area contributed by atoms with Crippen LogP contribution < -0.4 is 0 Å². The van der Waals surface area contributed by atoms with Crippen molar-refractivity contribution in [3.05, 3.63) is 95.6 Å². The zero-order valence-corrected chi connectivity index (χ0v) is 15.7. The minimum atomic E-state index is -0.292. The van der Waals surface area contributed by atoms with Crippen LogP contribution in [0.4, 0.5) is 0 Å². The van der Waals surface area contributed by atoms with Crippen LogP contribution in [0.1, 0.15) is 38.8 Å². The maximum absolute atomic E-state index is 12.7. The number of hydrogen-bond acceptors (Lipinski definition) is 3. The summed E-state index contributed by atoms with van der Waals surface area (Å²) in [4.78, 5) is 26.3. The number of cyclic esters (lactones) is 1. The zero-order valence-electron chi connectivity index (χ0n) is 15.7. The van der Waals surface area contributed by atoms with E-state index >= 15 is 0 Å². The average molecular weight is 371 g/mol. The fraction of sp³-hybridized carbons (Fsp3) is 0.167. The van der Waals surface area contributed by atoms with Crippen molar-refractivity contribution in [2.45, 2.75) is 12.5 Å². The Morgan fingerprint density at radius 3 is 2.29 bits per heavy atom. The molecular formula is C24H21NO3. The van der Waals surface area contributed by atoms with Gasteiger partial charge in [-0.05, 0) is 29.3 Å². The van der Waals surface area contributed by atoms with Crippen molar-refractivity contribution in [3.63, 3.8) is 0 Å². The lowest BCUT2D eigenvalue weighted by molar-refractivity contribution is 0.0349. The Kier molecular flexibility index (Phi) is 4.94. The molecule has 4 heteroatoms. The second kappa shape index (κ2) is 7.69. The van der Waals surface area contributed by atoms with Gasteiger partial charge in [-0.3, -0.25) is 4.79 Å². The first kappa shape index (κ1) is 18.0. The van der Waals surface area contributed by atoms with Crippen LogP contribution in [0, 0.1) is 0 Å². The number of hydrogen-bond donors (Lipinski definition) is 0. The molecule has 1 atom stereocenters. The van der Waals surface area contributed by atoms with Gasteiger partial charge in [-0.25, -0.2) is 4.79 Å². The summed E-state index contributed by atoms with van der Waals surface area (Å²) in [5.41, 5.74) is 4.37. The van der Waals surface area contributed by atoms with Crippen molar-refractivity contribution in [2.75, 3.05) is 13.6 Å². The molecule has 0 bridgehead atoms. The van der Waals surface area contributed by atoms with E-state index in [1.807, 2.05) is 72.8 Å². The Labute approximate surface area is 164 Å². The molecule has 0 aliphatic carbocycles. The maximum Gasteiger partial charge on any atom is 0.339 e. The third-order valence-corrected chi connectivity index (χ3v) is 5.09. The first-order valence-electron chi connectivity index (χ1n) is 9.34. The summed E-state index contributed by atoms with van der Waals surface area (Å²) in [5.74, 6) is -0.330. The highest BCUT2D eigenvalue weighted by molar-refractivity contribution is 5.95. The largest absolute Gasteiger partial charge is 0.454 e. The molecule has 0 saturated carbocycles. The molecule has 4 rings (SSSR count). The van der Waals surface area contributed by atoms with Crippen molar-refractivity contribution in [3.8, 4) is 11.1 Å². The Bertz CT molecular complexity index is 996. The lowest BCUT2D eigenvalue weighted by atomic mass is 10.0. The third kappa shape index (κ3) is 3.54. The van der Waals surface area contributed by atoms with Crippen molar-refractivity contribution in [1.82, 2.24) is 4.90 Å². The van der Waals surface area contributed by atoms with Crippen LogP contribution in [0.25, 0.3) is 11.1 Å². The normalized spacial score (nSPS) is 15.0. The summed E-state index contributed by atoms with van der Waals surface area (Å²) in [6.07, 6.45) is 0.284. The van der Waals surface area contributed by atoms with E-state index in [4.69, 9.17) is 4.74 Å². The van der Waals surface area contributed by atoms with Crippen molar-refractivity contribution in [1.29, 1.82) is 0 Å². The number of benzene rings is 3. The van der Waals surface area contributed by atoms with E-state index in [0.29, 0.717) is 24.1 Å². The van der Waals surface area contributed by atoms with Gasteiger partial charge >= 0.3 is 5.97 Å². The molecule has 1 aliphatic heterocycles. The average Bonchev–Trinajstić information content (AvgIpc) is 3.08.